The summed E-state index contributed by atoms with van der Waals surface area (Å²) in [5, 5.41) is 0.511. The van der Waals surface area contributed by atoms with Gasteiger partial charge in [-0.25, -0.2) is 4.98 Å². The molecule has 1 unspecified atom stereocenters. The average Bonchev–Trinajstić information content (AvgIpc) is 3.03. The number of para-hydroxylation sites is 1. The molecule has 1 heterocycles. The quantitative estimate of drug-likeness (QED) is 0.207. The van der Waals surface area contributed by atoms with E-state index in [4.69, 9.17) is 14.5 Å². The number of carbonyl (C=O) groups excluding carboxylic acids is 1. The number of nitrogens with zero attached hydrogens (tertiary/aromatic N) is 3. The highest BCUT2D eigenvalue weighted by molar-refractivity contribution is 5.95. The van der Waals surface area contributed by atoms with Crippen LogP contribution in [0.2, 0.25) is 0 Å². The minimum Gasteiger partial charge on any atom is -0.497 e. The number of fused-ring (bicyclic) bond motifs is 1. The van der Waals surface area contributed by atoms with Crippen molar-refractivity contribution in [3.8, 4) is 17.2 Å². The van der Waals surface area contributed by atoms with Crippen LogP contribution in [0.4, 0.5) is 0 Å². The van der Waals surface area contributed by atoms with Crippen LogP contribution in [0, 0.1) is 0 Å². The van der Waals surface area contributed by atoms with Gasteiger partial charge < -0.3 is 14.4 Å². The van der Waals surface area contributed by atoms with E-state index in [1.165, 1.54) is 0 Å². The van der Waals surface area contributed by atoms with Crippen molar-refractivity contribution >= 4 is 16.8 Å². The highest BCUT2D eigenvalue weighted by Gasteiger charge is 2.30. The fourth-order valence-electron chi connectivity index (χ4n) is 5.11. The number of hydrogen-bond acceptors (Lipinski definition) is 5. The maximum absolute atomic E-state index is 14.2. The molecule has 1 amide bonds. The predicted octanol–water partition coefficient (Wildman–Crippen LogP) is 6.24. The lowest BCUT2D eigenvalue weighted by Gasteiger charge is -2.32. The van der Waals surface area contributed by atoms with Gasteiger partial charge in [-0.15, -0.1) is 0 Å². The standard InChI is InChI=1S/C34H33N3O4/c1-4-31(36(22-21-24-11-6-5-7-12-24)33(38)25-13-10-14-28(23-25)41-3)32-35-30-16-9-8-15-29(30)34(39)37(32)26-17-19-27(40-2)20-18-26/h5-20,23,31H,4,21-22H2,1-3H3. The third kappa shape index (κ3) is 5.84. The molecule has 1 atom stereocenters. The van der Waals surface area contributed by atoms with Gasteiger partial charge in [0.2, 0.25) is 0 Å². The molecule has 0 spiro atoms. The lowest BCUT2D eigenvalue weighted by Crippen LogP contribution is -2.39. The second kappa shape index (κ2) is 12.5. The second-order valence-electron chi connectivity index (χ2n) is 9.72. The maximum atomic E-state index is 14.2. The van der Waals surface area contributed by atoms with Crippen LogP contribution in [-0.4, -0.2) is 41.1 Å². The van der Waals surface area contributed by atoms with Gasteiger partial charge in [-0.1, -0.05) is 55.5 Å². The van der Waals surface area contributed by atoms with Gasteiger partial charge in [-0.3, -0.25) is 14.2 Å². The first kappa shape index (κ1) is 27.6. The number of carbonyl (C=O) groups is 1. The average molecular weight is 548 g/mol. The molecule has 0 bridgehead atoms. The van der Waals surface area contributed by atoms with Crippen LogP contribution in [0.5, 0.6) is 11.5 Å². The van der Waals surface area contributed by atoms with E-state index in [-0.39, 0.29) is 11.5 Å². The van der Waals surface area contributed by atoms with E-state index in [2.05, 4.69) is 12.1 Å². The maximum Gasteiger partial charge on any atom is 0.266 e. The normalized spacial score (nSPS) is 11.7. The van der Waals surface area contributed by atoms with Crippen LogP contribution >= 0.6 is 0 Å². The zero-order valence-corrected chi connectivity index (χ0v) is 23.5. The van der Waals surface area contributed by atoms with E-state index in [9.17, 15) is 9.59 Å². The van der Waals surface area contributed by atoms with E-state index < -0.39 is 6.04 Å². The first-order valence-electron chi connectivity index (χ1n) is 13.7. The van der Waals surface area contributed by atoms with Crippen molar-refractivity contribution in [1.82, 2.24) is 14.5 Å². The van der Waals surface area contributed by atoms with E-state index in [0.29, 0.717) is 58.9 Å². The third-order valence-corrected chi connectivity index (χ3v) is 7.25. The molecular weight excluding hydrogens is 514 g/mol. The summed E-state index contributed by atoms with van der Waals surface area (Å²) in [4.78, 5) is 35.1. The molecule has 5 aromatic rings. The zero-order chi connectivity index (χ0) is 28.8. The molecule has 5 rings (SSSR count). The van der Waals surface area contributed by atoms with Gasteiger partial charge in [-0.2, -0.15) is 0 Å². The minimum atomic E-state index is -0.489. The van der Waals surface area contributed by atoms with Crippen molar-refractivity contribution < 1.29 is 14.3 Å². The van der Waals surface area contributed by atoms with Crippen molar-refractivity contribution in [2.24, 2.45) is 0 Å². The summed E-state index contributed by atoms with van der Waals surface area (Å²) in [6.07, 6.45) is 1.19. The van der Waals surface area contributed by atoms with Crippen molar-refractivity contribution in [3.05, 3.63) is 130 Å². The molecule has 0 N–H and O–H groups in total. The van der Waals surface area contributed by atoms with Crippen LogP contribution in [0.3, 0.4) is 0 Å². The fraction of sp³-hybridized carbons (Fsp3) is 0.206. The summed E-state index contributed by atoms with van der Waals surface area (Å²) >= 11 is 0. The zero-order valence-electron chi connectivity index (χ0n) is 23.5. The van der Waals surface area contributed by atoms with E-state index in [1.54, 1.807) is 37.0 Å². The number of benzene rings is 4. The fourth-order valence-corrected chi connectivity index (χ4v) is 5.11. The predicted molar refractivity (Wildman–Crippen MR) is 161 cm³/mol. The van der Waals surface area contributed by atoms with E-state index in [1.807, 2.05) is 84.6 Å². The summed E-state index contributed by atoms with van der Waals surface area (Å²) < 4.78 is 12.4. The molecule has 0 aliphatic heterocycles. The Morgan fingerprint density at radius 3 is 2.27 bits per heavy atom. The molecule has 7 heteroatoms. The molecule has 208 valence electrons. The van der Waals surface area contributed by atoms with Gasteiger partial charge in [-0.05, 0) is 73.0 Å². The molecular formula is C34H33N3O4. The molecule has 4 aromatic carbocycles. The Balaban J connectivity index is 1.68. The minimum absolute atomic E-state index is 0.157. The van der Waals surface area contributed by atoms with Crippen molar-refractivity contribution in [1.29, 1.82) is 0 Å². The number of ether oxygens (including phenoxy) is 2. The number of hydrogen-bond donors (Lipinski definition) is 0. The molecule has 0 fully saturated rings. The topological polar surface area (TPSA) is 73.7 Å². The first-order chi connectivity index (χ1) is 20.0. The summed E-state index contributed by atoms with van der Waals surface area (Å²) in [6.45, 7) is 2.45. The largest absolute Gasteiger partial charge is 0.497 e. The first-order valence-corrected chi connectivity index (χ1v) is 13.7. The lowest BCUT2D eigenvalue weighted by atomic mass is 10.1. The smallest absolute Gasteiger partial charge is 0.266 e. The lowest BCUT2D eigenvalue weighted by molar-refractivity contribution is 0.0661. The summed E-state index contributed by atoms with van der Waals surface area (Å²) in [5.74, 6) is 1.63. The number of aromatic nitrogens is 2. The van der Waals surface area contributed by atoms with Gasteiger partial charge >= 0.3 is 0 Å². The van der Waals surface area contributed by atoms with E-state index >= 15 is 0 Å². The Hall–Kier alpha value is -4.91. The number of amides is 1. The van der Waals surface area contributed by atoms with Gasteiger partial charge in [0.15, 0.2) is 0 Å². The van der Waals surface area contributed by atoms with Crippen molar-refractivity contribution in [3.63, 3.8) is 0 Å². The molecule has 1 aromatic heterocycles. The molecule has 41 heavy (non-hydrogen) atoms. The molecule has 7 nitrogen and oxygen atoms in total. The van der Waals surface area contributed by atoms with Crippen LogP contribution in [-0.2, 0) is 6.42 Å². The summed E-state index contributed by atoms with van der Waals surface area (Å²) in [6, 6.07) is 31.4. The third-order valence-electron chi connectivity index (χ3n) is 7.25. The highest BCUT2D eigenvalue weighted by atomic mass is 16.5. The van der Waals surface area contributed by atoms with Crippen molar-refractivity contribution in [2.75, 3.05) is 20.8 Å². The Kier molecular flexibility index (Phi) is 8.44. The molecule has 0 saturated carbocycles. The van der Waals surface area contributed by atoms with Gasteiger partial charge in [0.05, 0.1) is 36.9 Å². The van der Waals surface area contributed by atoms with Gasteiger partial charge in [0.1, 0.15) is 17.3 Å². The Labute approximate surface area is 239 Å². The van der Waals surface area contributed by atoms with Crippen LogP contribution in [0.1, 0.15) is 41.1 Å². The number of methoxy groups -OCH3 is 2. The van der Waals surface area contributed by atoms with Gasteiger partial charge in [0, 0.05) is 12.1 Å². The van der Waals surface area contributed by atoms with Crippen LogP contribution in [0.15, 0.2) is 108 Å². The SMILES string of the molecule is CCC(c1nc2ccccc2c(=O)n1-c1ccc(OC)cc1)N(CCc1ccccc1)C(=O)c1cccc(OC)c1. The Morgan fingerprint density at radius 2 is 1.56 bits per heavy atom. The van der Waals surface area contributed by atoms with Crippen molar-refractivity contribution in [2.45, 2.75) is 25.8 Å². The molecule has 0 radical (unpaired) electrons. The van der Waals surface area contributed by atoms with E-state index in [0.717, 1.165) is 5.56 Å². The van der Waals surface area contributed by atoms with Gasteiger partial charge in [0.25, 0.3) is 11.5 Å². The monoisotopic (exact) mass is 547 g/mol. The summed E-state index contributed by atoms with van der Waals surface area (Å²) in [7, 11) is 3.18. The molecule has 0 saturated heterocycles. The summed E-state index contributed by atoms with van der Waals surface area (Å²) in [5.41, 5.74) is 2.68. The molecule has 0 aliphatic rings. The van der Waals surface area contributed by atoms with Crippen LogP contribution < -0.4 is 15.0 Å². The Bertz CT molecular complexity index is 1700. The second-order valence-corrected chi connectivity index (χ2v) is 9.72. The highest BCUT2D eigenvalue weighted by Crippen LogP contribution is 2.29. The van der Waals surface area contributed by atoms with Crippen LogP contribution in [0.25, 0.3) is 16.6 Å². The number of rotatable bonds is 10. The molecule has 0 aliphatic carbocycles. The Morgan fingerprint density at radius 1 is 0.854 bits per heavy atom.